The molecular weight excluding hydrogens is 334 g/mol. The number of amides is 1. The Morgan fingerprint density at radius 2 is 1.84 bits per heavy atom. The van der Waals surface area contributed by atoms with Crippen LogP contribution < -0.4 is 16.2 Å². The Morgan fingerprint density at radius 1 is 1.12 bits per heavy atom. The summed E-state index contributed by atoms with van der Waals surface area (Å²) < 4.78 is 5.07. The van der Waals surface area contributed by atoms with Crippen LogP contribution in [0.25, 0.3) is 0 Å². The summed E-state index contributed by atoms with van der Waals surface area (Å²) in [6.45, 7) is 4.75. The first-order chi connectivity index (χ1) is 12.0. The molecule has 1 amide bonds. The number of hydrogen-bond acceptors (Lipinski definition) is 3. The Bertz CT molecular complexity index is 730. The monoisotopic (exact) mass is 357 g/mol. The normalized spacial score (nSPS) is 10.4. The molecule has 0 fully saturated rings. The summed E-state index contributed by atoms with van der Waals surface area (Å²) in [4.78, 5) is 12.2. The van der Waals surface area contributed by atoms with Crippen LogP contribution in [0.2, 0.25) is 0 Å². The third-order valence-electron chi connectivity index (χ3n) is 3.62. The number of ether oxygens (including phenoxy) is 1. The molecule has 0 unspecified atom stereocenters. The van der Waals surface area contributed by atoms with Gasteiger partial charge in [0.1, 0.15) is 0 Å². The molecule has 132 valence electrons. The fraction of sp³-hybridized carbons (Fsp3) is 0.263. The topological polar surface area (TPSA) is 62.4 Å². The zero-order valence-corrected chi connectivity index (χ0v) is 15.4. The first-order valence-electron chi connectivity index (χ1n) is 8.04. The SMILES string of the molecule is COCc1cccc(C(=O)NNC(=S)Nc2ccc(C(C)C)cc2)c1. The number of carbonyl (C=O) groups excluding carboxylic acids is 1. The largest absolute Gasteiger partial charge is 0.380 e. The van der Waals surface area contributed by atoms with Gasteiger partial charge in [0.05, 0.1) is 6.61 Å². The zero-order chi connectivity index (χ0) is 18.2. The predicted octanol–water partition coefficient (Wildman–Crippen LogP) is 3.59. The van der Waals surface area contributed by atoms with Crippen LogP contribution in [0.15, 0.2) is 48.5 Å². The summed E-state index contributed by atoms with van der Waals surface area (Å²) in [7, 11) is 1.62. The van der Waals surface area contributed by atoms with Gasteiger partial charge in [-0.25, -0.2) is 0 Å². The average molecular weight is 357 g/mol. The number of rotatable bonds is 5. The fourth-order valence-electron chi connectivity index (χ4n) is 2.27. The van der Waals surface area contributed by atoms with E-state index in [4.69, 9.17) is 17.0 Å². The summed E-state index contributed by atoms with van der Waals surface area (Å²) in [5.74, 6) is 0.213. The van der Waals surface area contributed by atoms with Crippen LogP contribution in [0.3, 0.4) is 0 Å². The Hall–Kier alpha value is -2.44. The van der Waals surface area contributed by atoms with Crippen LogP contribution in [0, 0.1) is 0 Å². The van der Waals surface area contributed by atoms with E-state index < -0.39 is 0 Å². The van der Waals surface area contributed by atoms with Gasteiger partial charge in [0.15, 0.2) is 5.11 Å². The fourth-order valence-corrected chi connectivity index (χ4v) is 2.44. The minimum Gasteiger partial charge on any atom is -0.380 e. The second-order valence-electron chi connectivity index (χ2n) is 5.94. The van der Waals surface area contributed by atoms with E-state index in [1.165, 1.54) is 5.56 Å². The van der Waals surface area contributed by atoms with Crippen LogP contribution in [-0.4, -0.2) is 18.1 Å². The van der Waals surface area contributed by atoms with Gasteiger partial charge in [0.2, 0.25) is 0 Å². The number of hydrogen-bond donors (Lipinski definition) is 3. The van der Waals surface area contributed by atoms with E-state index in [1.807, 2.05) is 24.3 Å². The number of carbonyl (C=O) groups is 1. The lowest BCUT2D eigenvalue weighted by Gasteiger charge is -2.13. The summed E-state index contributed by atoms with van der Waals surface area (Å²) in [5, 5.41) is 3.35. The molecule has 6 heteroatoms. The van der Waals surface area contributed by atoms with Gasteiger partial charge in [0, 0.05) is 18.4 Å². The van der Waals surface area contributed by atoms with Crippen LogP contribution in [0.5, 0.6) is 0 Å². The molecule has 0 saturated carbocycles. The highest BCUT2D eigenvalue weighted by Crippen LogP contribution is 2.16. The molecule has 0 aromatic heterocycles. The lowest BCUT2D eigenvalue weighted by Crippen LogP contribution is -2.43. The standard InChI is InChI=1S/C19H23N3O2S/c1-13(2)15-7-9-17(10-8-15)20-19(25)22-21-18(23)16-6-4-5-14(11-16)12-24-3/h4-11,13H,12H2,1-3H3,(H,21,23)(H2,20,22,25). The van der Waals surface area contributed by atoms with E-state index in [0.717, 1.165) is 11.3 Å². The quantitative estimate of drug-likeness (QED) is 0.564. The predicted molar refractivity (Wildman–Crippen MR) is 105 cm³/mol. The van der Waals surface area contributed by atoms with E-state index in [1.54, 1.807) is 19.2 Å². The Labute approximate surface area is 153 Å². The van der Waals surface area contributed by atoms with Crippen molar-refractivity contribution < 1.29 is 9.53 Å². The molecule has 0 aliphatic rings. The highest BCUT2D eigenvalue weighted by atomic mass is 32.1. The van der Waals surface area contributed by atoms with Gasteiger partial charge in [0.25, 0.3) is 5.91 Å². The van der Waals surface area contributed by atoms with Gasteiger partial charge >= 0.3 is 0 Å². The first kappa shape index (κ1) is 18.9. The maximum atomic E-state index is 12.2. The maximum absolute atomic E-state index is 12.2. The van der Waals surface area contributed by atoms with Crippen molar-refractivity contribution in [2.75, 3.05) is 12.4 Å². The van der Waals surface area contributed by atoms with Crippen molar-refractivity contribution in [2.45, 2.75) is 26.4 Å². The number of methoxy groups -OCH3 is 1. The third-order valence-corrected chi connectivity index (χ3v) is 3.83. The summed E-state index contributed by atoms with van der Waals surface area (Å²) in [5.41, 5.74) is 8.87. The van der Waals surface area contributed by atoms with Crippen LogP contribution >= 0.6 is 12.2 Å². The van der Waals surface area contributed by atoms with E-state index in [0.29, 0.717) is 23.2 Å². The van der Waals surface area contributed by atoms with Crippen LogP contribution in [0.1, 0.15) is 41.3 Å². The average Bonchev–Trinajstić information content (AvgIpc) is 2.60. The van der Waals surface area contributed by atoms with Crippen molar-refractivity contribution in [1.82, 2.24) is 10.9 Å². The highest BCUT2D eigenvalue weighted by molar-refractivity contribution is 7.80. The number of nitrogens with one attached hydrogen (secondary N) is 3. The number of thiocarbonyl (C=S) groups is 1. The second kappa shape index (κ2) is 9.15. The smallest absolute Gasteiger partial charge is 0.269 e. The van der Waals surface area contributed by atoms with Gasteiger partial charge in [-0.3, -0.25) is 15.6 Å². The van der Waals surface area contributed by atoms with Gasteiger partial charge in [-0.1, -0.05) is 38.1 Å². The lowest BCUT2D eigenvalue weighted by molar-refractivity contribution is 0.0944. The molecule has 0 aliphatic heterocycles. The van der Waals surface area contributed by atoms with Crippen molar-refractivity contribution in [1.29, 1.82) is 0 Å². The van der Waals surface area contributed by atoms with Gasteiger partial charge < -0.3 is 10.1 Å². The Morgan fingerprint density at radius 3 is 2.48 bits per heavy atom. The van der Waals surface area contributed by atoms with Crippen molar-refractivity contribution in [3.8, 4) is 0 Å². The Kier molecular flexibility index (Phi) is 6.91. The molecular formula is C19H23N3O2S. The summed E-state index contributed by atoms with van der Waals surface area (Å²) in [6, 6.07) is 15.2. The summed E-state index contributed by atoms with van der Waals surface area (Å²) in [6.07, 6.45) is 0. The van der Waals surface area contributed by atoms with Crippen LogP contribution in [-0.2, 0) is 11.3 Å². The number of anilines is 1. The maximum Gasteiger partial charge on any atom is 0.269 e. The van der Waals surface area contributed by atoms with E-state index >= 15 is 0 Å². The summed E-state index contributed by atoms with van der Waals surface area (Å²) >= 11 is 5.20. The molecule has 25 heavy (non-hydrogen) atoms. The van der Waals surface area contributed by atoms with E-state index in [2.05, 4.69) is 42.1 Å². The van der Waals surface area contributed by atoms with Crippen molar-refractivity contribution in [3.63, 3.8) is 0 Å². The van der Waals surface area contributed by atoms with Gasteiger partial charge in [-0.2, -0.15) is 0 Å². The zero-order valence-electron chi connectivity index (χ0n) is 14.6. The molecule has 0 atom stereocenters. The van der Waals surface area contributed by atoms with E-state index in [9.17, 15) is 4.79 Å². The molecule has 0 heterocycles. The lowest BCUT2D eigenvalue weighted by atomic mass is 10.0. The van der Waals surface area contributed by atoms with Gasteiger partial charge in [-0.15, -0.1) is 0 Å². The highest BCUT2D eigenvalue weighted by Gasteiger charge is 2.07. The third kappa shape index (κ3) is 5.85. The minimum atomic E-state index is -0.266. The van der Waals surface area contributed by atoms with Crippen molar-refractivity contribution >= 4 is 28.9 Å². The second-order valence-corrected chi connectivity index (χ2v) is 6.35. The molecule has 0 spiro atoms. The molecule has 2 aromatic rings. The molecule has 3 N–H and O–H groups in total. The molecule has 2 aromatic carbocycles. The van der Waals surface area contributed by atoms with Gasteiger partial charge in [-0.05, 0) is 53.5 Å². The Balaban J connectivity index is 1.86. The van der Waals surface area contributed by atoms with Crippen molar-refractivity contribution in [3.05, 3.63) is 65.2 Å². The molecule has 0 aliphatic carbocycles. The molecule has 0 saturated heterocycles. The molecule has 2 rings (SSSR count). The van der Waals surface area contributed by atoms with Crippen molar-refractivity contribution in [2.24, 2.45) is 0 Å². The number of hydrazine groups is 1. The minimum absolute atomic E-state index is 0.266. The molecule has 0 bridgehead atoms. The van der Waals surface area contributed by atoms with E-state index in [-0.39, 0.29) is 5.91 Å². The van der Waals surface area contributed by atoms with Crippen LogP contribution in [0.4, 0.5) is 5.69 Å². The molecule has 5 nitrogen and oxygen atoms in total. The molecule has 0 radical (unpaired) electrons. The number of benzene rings is 2. The first-order valence-corrected chi connectivity index (χ1v) is 8.45.